The number of morpholine rings is 1. The van der Waals surface area contributed by atoms with E-state index in [1.807, 2.05) is 0 Å². The summed E-state index contributed by atoms with van der Waals surface area (Å²) in [6.45, 7) is 11.2. The van der Waals surface area contributed by atoms with E-state index in [0.29, 0.717) is 0 Å². The first-order valence-corrected chi connectivity index (χ1v) is 6.58. The molecule has 1 N–H and O–H groups in total. The molecule has 0 amide bonds. The fourth-order valence-electron chi connectivity index (χ4n) is 1.88. The normalized spacial score (nSPS) is 17.8. The van der Waals surface area contributed by atoms with Crippen molar-refractivity contribution in [3.63, 3.8) is 0 Å². The SMILES string of the molecule is CCN(CCO)CCOCCN1CCOCC1. The molecule has 5 nitrogen and oxygen atoms in total. The van der Waals surface area contributed by atoms with Gasteiger partial charge in [-0.3, -0.25) is 9.80 Å². The van der Waals surface area contributed by atoms with Crippen LogP contribution in [0.4, 0.5) is 0 Å². The molecule has 0 spiro atoms. The monoisotopic (exact) mass is 246 g/mol. The zero-order chi connectivity index (χ0) is 12.3. The number of hydrogen-bond acceptors (Lipinski definition) is 5. The summed E-state index contributed by atoms with van der Waals surface area (Å²) in [7, 11) is 0. The lowest BCUT2D eigenvalue weighted by Crippen LogP contribution is -2.38. The first kappa shape index (κ1) is 14.9. The lowest BCUT2D eigenvalue weighted by molar-refractivity contribution is 0.0176. The maximum absolute atomic E-state index is 8.84. The van der Waals surface area contributed by atoms with E-state index >= 15 is 0 Å². The zero-order valence-corrected chi connectivity index (χ0v) is 10.9. The van der Waals surface area contributed by atoms with Crippen molar-refractivity contribution >= 4 is 0 Å². The Hall–Kier alpha value is -0.200. The fraction of sp³-hybridized carbons (Fsp3) is 1.00. The zero-order valence-electron chi connectivity index (χ0n) is 10.9. The topological polar surface area (TPSA) is 45.2 Å². The molecule has 1 rings (SSSR count). The van der Waals surface area contributed by atoms with Crippen molar-refractivity contribution in [3.8, 4) is 0 Å². The van der Waals surface area contributed by atoms with Crippen LogP contribution in [0.25, 0.3) is 0 Å². The molecule has 102 valence electrons. The summed E-state index contributed by atoms with van der Waals surface area (Å²) < 4.78 is 10.9. The molecular formula is C12H26N2O3. The molecule has 1 aliphatic heterocycles. The molecule has 0 radical (unpaired) electrons. The van der Waals surface area contributed by atoms with E-state index in [-0.39, 0.29) is 6.61 Å². The van der Waals surface area contributed by atoms with E-state index in [9.17, 15) is 0 Å². The van der Waals surface area contributed by atoms with Gasteiger partial charge in [-0.25, -0.2) is 0 Å². The van der Waals surface area contributed by atoms with Gasteiger partial charge >= 0.3 is 0 Å². The van der Waals surface area contributed by atoms with Gasteiger partial charge < -0.3 is 14.6 Å². The van der Waals surface area contributed by atoms with E-state index in [0.717, 1.165) is 65.7 Å². The summed E-state index contributed by atoms with van der Waals surface area (Å²) in [5.74, 6) is 0. The minimum Gasteiger partial charge on any atom is -0.395 e. The van der Waals surface area contributed by atoms with E-state index < -0.39 is 0 Å². The Morgan fingerprint density at radius 3 is 2.65 bits per heavy atom. The molecule has 17 heavy (non-hydrogen) atoms. The largest absolute Gasteiger partial charge is 0.395 e. The van der Waals surface area contributed by atoms with Crippen molar-refractivity contribution in [1.29, 1.82) is 0 Å². The predicted octanol–water partition coefficient (Wildman–Crippen LogP) is -0.351. The molecule has 0 saturated carbocycles. The summed E-state index contributed by atoms with van der Waals surface area (Å²) in [4.78, 5) is 4.56. The number of aliphatic hydroxyl groups is 1. The highest BCUT2D eigenvalue weighted by molar-refractivity contribution is 4.61. The number of aliphatic hydroxyl groups excluding tert-OH is 1. The second-order valence-corrected chi connectivity index (χ2v) is 4.22. The molecule has 0 aliphatic carbocycles. The van der Waals surface area contributed by atoms with E-state index in [2.05, 4.69) is 16.7 Å². The van der Waals surface area contributed by atoms with Crippen LogP contribution < -0.4 is 0 Å². The van der Waals surface area contributed by atoms with Crippen molar-refractivity contribution in [2.24, 2.45) is 0 Å². The minimum atomic E-state index is 0.224. The van der Waals surface area contributed by atoms with Crippen LogP contribution in [-0.4, -0.2) is 87.2 Å². The van der Waals surface area contributed by atoms with Crippen LogP contribution in [0.1, 0.15) is 6.92 Å². The molecule has 0 aromatic rings. The summed E-state index contributed by atoms with van der Waals surface area (Å²) in [6, 6.07) is 0. The number of hydrogen-bond donors (Lipinski definition) is 1. The highest BCUT2D eigenvalue weighted by atomic mass is 16.5. The van der Waals surface area contributed by atoms with Gasteiger partial charge in [0.2, 0.25) is 0 Å². The van der Waals surface area contributed by atoms with Gasteiger partial charge in [0, 0.05) is 32.7 Å². The molecule has 0 aromatic carbocycles. The van der Waals surface area contributed by atoms with Crippen LogP contribution in [0.2, 0.25) is 0 Å². The van der Waals surface area contributed by atoms with Crippen LogP contribution in [0, 0.1) is 0 Å². The molecule has 0 unspecified atom stereocenters. The van der Waals surface area contributed by atoms with Gasteiger partial charge in [0.1, 0.15) is 0 Å². The molecule has 1 saturated heterocycles. The fourth-order valence-corrected chi connectivity index (χ4v) is 1.88. The highest BCUT2D eigenvalue weighted by Crippen LogP contribution is 1.96. The van der Waals surface area contributed by atoms with Crippen LogP contribution in [-0.2, 0) is 9.47 Å². The first-order valence-electron chi connectivity index (χ1n) is 6.58. The van der Waals surface area contributed by atoms with Crippen LogP contribution in [0.3, 0.4) is 0 Å². The molecule has 0 bridgehead atoms. The number of ether oxygens (including phenoxy) is 2. The summed E-state index contributed by atoms with van der Waals surface area (Å²) in [6.07, 6.45) is 0. The minimum absolute atomic E-state index is 0.224. The quantitative estimate of drug-likeness (QED) is 0.563. The first-order chi connectivity index (χ1) is 8.36. The number of rotatable bonds is 9. The average molecular weight is 246 g/mol. The third kappa shape index (κ3) is 6.95. The van der Waals surface area contributed by atoms with E-state index in [1.165, 1.54) is 0 Å². The van der Waals surface area contributed by atoms with Crippen LogP contribution in [0.15, 0.2) is 0 Å². The second kappa shape index (κ2) is 9.79. The van der Waals surface area contributed by atoms with Crippen molar-refractivity contribution in [1.82, 2.24) is 9.80 Å². The Bertz CT molecular complexity index is 168. The summed E-state index contributed by atoms with van der Waals surface area (Å²) >= 11 is 0. The predicted molar refractivity (Wildman–Crippen MR) is 67.3 cm³/mol. The highest BCUT2D eigenvalue weighted by Gasteiger charge is 2.09. The van der Waals surface area contributed by atoms with Crippen LogP contribution >= 0.6 is 0 Å². The Labute approximate surface area is 104 Å². The molecule has 5 heteroatoms. The van der Waals surface area contributed by atoms with Gasteiger partial charge in [0.15, 0.2) is 0 Å². The Morgan fingerprint density at radius 2 is 2.00 bits per heavy atom. The Morgan fingerprint density at radius 1 is 1.24 bits per heavy atom. The van der Waals surface area contributed by atoms with Crippen LogP contribution in [0.5, 0.6) is 0 Å². The third-order valence-electron chi connectivity index (χ3n) is 3.07. The van der Waals surface area contributed by atoms with Gasteiger partial charge in [-0.2, -0.15) is 0 Å². The van der Waals surface area contributed by atoms with Crippen molar-refractivity contribution in [3.05, 3.63) is 0 Å². The molecule has 1 heterocycles. The molecule has 0 atom stereocenters. The van der Waals surface area contributed by atoms with E-state index in [1.54, 1.807) is 0 Å². The molecule has 0 aromatic heterocycles. The maximum atomic E-state index is 8.84. The van der Waals surface area contributed by atoms with Gasteiger partial charge in [0.25, 0.3) is 0 Å². The summed E-state index contributed by atoms with van der Waals surface area (Å²) in [5.41, 5.74) is 0. The van der Waals surface area contributed by atoms with Gasteiger partial charge in [-0.15, -0.1) is 0 Å². The standard InChI is InChI=1S/C12H26N2O3/c1-2-13(3-8-15)4-9-16-10-5-14-6-11-17-12-7-14/h15H,2-12H2,1H3. The molecule has 1 aliphatic rings. The lowest BCUT2D eigenvalue weighted by Gasteiger charge is -2.26. The average Bonchev–Trinajstić information content (AvgIpc) is 2.38. The van der Waals surface area contributed by atoms with Gasteiger partial charge in [-0.1, -0.05) is 6.92 Å². The van der Waals surface area contributed by atoms with Gasteiger partial charge in [-0.05, 0) is 6.54 Å². The van der Waals surface area contributed by atoms with Crippen molar-refractivity contribution in [2.75, 3.05) is 72.3 Å². The molecular weight excluding hydrogens is 220 g/mol. The second-order valence-electron chi connectivity index (χ2n) is 4.22. The number of likely N-dealkylation sites (N-methyl/N-ethyl adjacent to an activating group) is 1. The summed E-state index contributed by atoms with van der Waals surface area (Å²) in [5, 5.41) is 8.84. The van der Waals surface area contributed by atoms with Crippen molar-refractivity contribution < 1.29 is 14.6 Å². The van der Waals surface area contributed by atoms with Crippen molar-refractivity contribution in [2.45, 2.75) is 6.92 Å². The van der Waals surface area contributed by atoms with Gasteiger partial charge in [0.05, 0.1) is 33.0 Å². The third-order valence-corrected chi connectivity index (χ3v) is 3.07. The maximum Gasteiger partial charge on any atom is 0.0594 e. The Balaban J connectivity index is 1.92. The number of nitrogens with zero attached hydrogens (tertiary/aromatic N) is 2. The smallest absolute Gasteiger partial charge is 0.0594 e. The lowest BCUT2D eigenvalue weighted by atomic mass is 10.4. The molecule has 1 fully saturated rings. The Kier molecular flexibility index (Phi) is 8.56. The van der Waals surface area contributed by atoms with E-state index in [4.69, 9.17) is 14.6 Å².